The first-order valence-corrected chi connectivity index (χ1v) is 7.37. The minimum atomic E-state index is 0.632. The maximum Gasteiger partial charge on any atom is 0.0399 e. The lowest BCUT2D eigenvalue weighted by atomic mass is 10.1. The Morgan fingerprint density at radius 2 is 2.11 bits per heavy atom. The molecule has 0 bridgehead atoms. The SMILES string of the molecule is CCC(C)NCCN1CCCCc2ccccc21. The Morgan fingerprint density at radius 1 is 1.28 bits per heavy atom. The molecule has 1 heterocycles. The van der Waals surface area contributed by atoms with Gasteiger partial charge in [0.15, 0.2) is 0 Å². The quantitative estimate of drug-likeness (QED) is 0.858. The van der Waals surface area contributed by atoms with Crippen molar-refractivity contribution in [3.63, 3.8) is 0 Å². The molecule has 1 unspecified atom stereocenters. The molecule has 100 valence electrons. The van der Waals surface area contributed by atoms with Gasteiger partial charge in [-0.25, -0.2) is 0 Å². The maximum absolute atomic E-state index is 3.59. The summed E-state index contributed by atoms with van der Waals surface area (Å²) in [7, 11) is 0. The van der Waals surface area contributed by atoms with Gasteiger partial charge in [0.2, 0.25) is 0 Å². The van der Waals surface area contributed by atoms with Crippen molar-refractivity contribution < 1.29 is 0 Å². The van der Waals surface area contributed by atoms with Crippen molar-refractivity contribution in [2.24, 2.45) is 0 Å². The van der Waals surface area contributed by atoms with E-state index in [0.29, 0.717) is 6.04 Å². The summed E-state index contributed by atoms with van der Waals surface area (Å²) in [6.45, 7) is 7.92. The molecule has 1 aromatic carbocycles. The number of hydrogen-bond donors (Lipinski definition) is 1. The lowest BCUT2D eigenvalue weighted by Crippen LogP contribution is -2.36. The molecule has 0 amide bonds. The van der Waals surface area contributed by atoms with Gasteiger partial charge in [-0.05, 0) is 44.2 Å². The van der Waals surface area contributed by atoms with Crippen LogP contribution in [0.4, 0.5) is 5.69 Å². The first-order chi connectivity index (χ1) is 8.81. The van der Waals surface area contributed by atoms with Crippen molar-refractivity contribution in [2.75, 3.05) is 24.5 Å². The van der Waals surface area contributed by atoms with E-state index in [1.165, 1.54) is 43.5 Å². The molecular weight excluding hydrogens is 220 g/mol. The van der Waals surface area contributed by atoms with E-state index < -0.39 is 0 Å². The molecule has 1 N–H and O–H groups in total. The molecule has 0 saturated carbocycles. The number of benzene rings is 1. The van der Waals surface area contributed by atoms with E-state index in [0.717, 1.165) is 13.1 Å². The van der Waals surface area contributed by atoms with Gasteiger partial charge in [0.25, 0.3) is 0 Å². The Hall–Kier alpha value is -1.02. The van der Waals surface area contributed by atoms with Gasteiger partial charge in [0.1, 0.15) is 0 Å². The Bertz CT molecular complexity index is 362. The van der Waals surface area contributed by atoms with Crippen LogP contribution in [0.2, 0.25) is 0 Å². The number of fused-ring (bicyclic) bond motifs is 1. The highest BCUT2D eigenvalue weighted by atomic mass is 15.1. The van der Waals surface area contributed by atoms with Crippen LogP contribution in [-0.2, 0) is 6.42 Å². The molecule has 1 aliphatic heterocycles. The second-order valence-corrected chi connectivity index (χ2v) is 5.34. The van der Waals surface area contributed by atoms with Crippen molar-refractivity contribution in [3.8, 4) is 0 Å². The lowest BCUT2D eigenvalue weighted by molar-refractivity contribution is 0.532. The lowest BCUT2D eigenvalue weighted by Gasteiger charge is -2.25. The van der Waals surface area contributed by atoms with E-state index in [-0.39, 0.29) is 0 Å². The van der Waals surface area contributed by atoms with Gasteiger partial charge < -0.3 is 10.2 Å². The summed E-state index contributed by atoms with van der Waals surface area (Å²) in [4.78, 5) is 2.55. The molecule has 0 radical (unpaired) electrons. The molecule has 0 fully saturated rings. The van der Waals surface area contributed by atoms with Crippen LogP contribution >= 0.6 is 0 Å². The van der Waals surface area contributed by atoms with Crippen LogP contribution in [0.3, 0.4) is 0 Å². The van der Waals surface area contributed by atoms with Crippen LogP contribution in [0.1, 0.15) is 38.7 Å². The molecule has 1 aromatic rings. The number of rotatable bonds is 5. The second-order valence-electron chi connectivity index (χ2n) is 5.34. The second kappa shape index (κ2) is 6.79. The number of para-hydroxylation sites is 1. The third-order valence-electron chi connectivity index (χ3n) is 3.94. The zero-order valence-electron chi connectivity index (χ0n) is 11.8. The number of anilines is 1. The number of aryl methyl sites for hydroxylation is 1. The van der Waals surface area contributed by atoms with Crippen molar-refractivity contribution >= 4 is 5.69 Å². The van der Waals surface area contributed by atoms with Crippen LogP contribution in [-0.4, -0.2) is 25.7 Å². The average molecular weight is 246 g/mol. The molecule has 18 heavy (non-hydrogen) atoms. The minimum absolute atomic E-state index is 0.632. The largest absolute Gasteiger partial charge is 0.370 e. The fraction of sp³-hybridized carbons (Fsp3) is 0.625. The summed E-state index contributed by atoms with van der Waals surface area (Å²) in [6, 6.07) is 9.53. The van der Waals surface area contributed by atoms with Gasteiger partial charge in [0, 0.05) is 31.4 Å². The van der Waals surface area contributed by atoms with Crippen molar-refractivity contribution in [3.05, 3.63) is 29.8 Å². The van der Waals surface area contributed by atoms with Gasteiger partial charge >= 0.3 is 0 Å². The normalized spacial score (nSPS) is 17.1. The summed E-state index contributed by atoms with van der Waals surface area (Å²) < 4.78 is 0. The van der Waals surface area contributed by atoms with E-state index in [2.05, 4.69) is 48.3 Å². The molecule has 0 spiro atoms. The molecule has 2 heteroatoms. The fourth-order valence-electron chi connectivity index (χ4n) is 2.59. The number of nitrogens with zero attached hydrogens (tertiary/aromatic N) is 1. The Balaban J connectivity index is 1.95. The average Bonchev–Trinajstić information content (AvgIpc) is 2.61. The standard InChI is InChI=1S/C16H26N2/c1-3-14(2)17-11-13-18-12-7-6-9-15-8-4-5-10-16(15)18/h4-5,8,10,14,17H,3,6-7,9,11-13H2,1-2H3. The molecule has 0 saturated heterocycles. The summed E-state index contributed by atoms with van der Waals surface area (Å²) >= 11 is 0. The molecule has 1 aliphatic rings. The Labute approximate surface area is 111 Å². The van der Waals surface area contributed by atoms with E-state index in [1.807, 2.05) is 0 Å². The monoisotopic (exact) mass is 246 g/mol. The van der Waals surface area contributed by atoms with E-state index in [4.69, 9.17) is 0 Å². The maximum atomic E-state index is 3.59. The van der Waals surface area contributed by atoms with Gasteiger partial charge in [-0.2, -0.15) is 0 Å². The highest BCUT2D eigenvalue weighted by Crippen LogP contribution is 2.25. The first-order valence-electron chi connectivity index (χ1n) is 7.37. The highest BCUT2D eigenvalue weighted by Gasteiger charge is 2.14. The van der Waals surface area contributed by atoms with Crippen LogP contribution in [0.25, 0.3) is 0 Å². The summed E-state index contributed by atoms with van der Waals surface area (Å²) in [5, 5.41) is 3.59. The van der Waals surface area contributed by atoms with Crippen molar-refractivity contribution in [1.29, 1.82) is 0 Å². The highest BCUT2D eigenvalue weighted by molar-refractivity contribution is 5.54. The summed E-state index contributed by atoms with van der Waals surface area (Å²) in [5.74, 6) is 0. The van der Waals surface area contributed by atoms with Crippen molar-refractivity contribution in [2.45, 2.75) is 45.6 Å². The molecule has 2 nitrogen and oxygen atoms in total. The fourth-order valence-corrected chi connectivity index (χ4v) is 2.59. The van der Waals surface area contributed by atoms with Gasteiger partial charge in [-0.15, -0.1) is 0 Å². The van der Waals surface area contributed by atoms with E-state index in [9.17, 15) is 0 Å². The summed E-state index contributed by atoms with van der Waals surface area (Å²) in [6.07, 6.45) is 5.09. The van der Waals surface area contributed by atoms with Crippen LogP contribution in [0, 0.1) is 0 Å². The van der Waals surface area contributed by atoms with Crippen LogP contribution in [0.5, 0.6) is 0 Å². The molecule has 1 atom stereocenters. The van der Waals surface area contributed by atoms with Gasteiger partial charge in [0.05, 0.1) is 0 Å². The smallest absolute Gasteiger partial charge is 0.0399 e. The third-order valence-corrected chi connectivity index (χ3v) is 3.94. The van der Waals surface area contributed by atoms with Crippen molar-refractivity contribution in [1.82, 2.24) is 5.32 Å². The third kappa shape index (κ3) is 3.49. The summed E-state index contributed by atoms with van der Waals surface area (Å²) in [5.41, 5.74) is 2.99. The van der Waals surface area contributed by atoms with Gasteiger partial charge in [-0.3, -0.25) is 0 Å². The van der Waals surface area contributed by atoms with Crippen LogP contribution < -0.4 is 10.2 Å². The van der Waals surface area contributed by atoms with Crippen LogP contribution in [0.15, 0.2) is 24.3 Å². The van der Waals surface area contributed by atoms with Gasteiger partial charge in [-0.1, -0.05) is 25.1 Å². The zero-order chi connectivity index (χ0) is 12.8. The van der Waals surface area contributed by atoms with E-state index in [1.54, 1.807) is 0 Å². The molecule has 0 aromatic heterocycles. The zero-order valence-corrected chi connectivity index (χ0v) is 11.8. The number of nitrogens with one attached hydrogen (secondary N) is 1. The molecule has 0 aliphatic carbocycles. The molecule has 2 rings (SSSR count). The Morgan fingerprint density at radius 3 is 2.94 bits per heavy atom. The molecular formula is C16H26N2. The minimum Gasteiger partial charge on any atom is -0.370 e. The topological polar surface area (TPSA) is 15.3 Å². The van der Waals surface area contributed by atoms with E-state index >= 15 is 0 Å². The Kier molecular flexibility index (Phi) is 5.06. The predicted octanol–water partition coefficient (Wildman–Crippen LogP) is 3.22. The first kappa shape index (κ1) is 13.4. The number of hydrogen-bond acceptors (Lipinski definition) is 2. The predicted molar refractivity (Wildman–Crippen MR) is 79.3 cm³/mol.